The van der Waals surface area contributed by atoms with E-state index in [1.165, 1.54) is 19.2 Å². The van der Waals surface area contributed by atoms with Crippen molar-refractivity contribution in [3.8, 4) is 34.1 Å². The van der Waals surface area contributed by atoms with E-state index >= 15 is 0 Å². The number of nitrogens with zero attached hydrogens (tertiary/aromatic N) is 1. The molecular weight excluding hydrogens is 527 g/mol. The van der Waals surface area contributed by atoms with Crippen LogP contribution in [0.2, 0.25) is 5.02 Å². The number of pyridine rings is 1. The summed E-state index contributed by atoms with van der Waals surface area (Å²) in [4.78, 5) is 15.6. The zero-order chi connectivity index (χ0) is 27.4. The second kappa shape index (κ2) is 11.1. The highest BCUT2D eigenvalue weighted by molar-refractivity contribution is 6.33. The number of carboxylic acid groups (broad SMARTS) is 1. The Morgan fingerprint density at radius 3 is 2.21 bits per heavy atom. The number of rotatable bonds is 8. The average Bonchev–Trinajstić information content (AvgIpc) is 2.87. The number of hydrogen-bond donors (Lipinski definition) is 1. The monoisotopic (exact) mass is 547 g/mol. The lowest BCUT2D eigenvalue weighted by molar-refractivity contribution is -0.274. The van der Waals surface area contributed by atoms with Crippen molar-refractivity contribution in [2.24, 2.45) is 0 Å². The van der Waals surface area contributed by atoms with Crippen molar-refractivity contribution in [2.45, 2.75) is 19.2 Å². The van der Waals surface area contributed by atoms with Crippen LogP contribution in [0.5, 0.6) is 23.0 Å². The van der Waals surface area contributed by atoms with Crippen LogP contribution in [-0.4, -0.2) is 36.3 Å². The third-order valence-electron chi connectivity index (χ3n) is 5.59. The van der Waals surface area contributed by atoms with Crippen molar-refractivity contribution in [3.63, 3.8) is 0 Å². The van der Waals surface area contributed by atoms with Crippen molar-refractivity contribution in [3.05, 3.63) is 77.4 Å². The van der Waals surface area contributed by atoms with Crippen molar-refractivity contribution < 1.29 is 42.0 Å². The average molecular weight is 548 g/mol. The molecule has 1 heterocycles. The summed E-state index contributed by atoms with van der Waals surface area (Å²) >= 11 is 6.39. The van der Waals surface area contributed by atoms with Crippen molar-refractivity contribution in [1.82, 2.24) is 4.98 Å². The van der Waals surface area contributed by atoms with Gasteiger partial charge < -0.3 is 24.1 Å². The second-order valence-corrected chi connectivity index (χ2v) is 8.62. The van der Waals surface area contributed by atoms with Gasteiger partial charge in [0.25, 0.3) is 0 Å². The lowest BCUT2D eigenvalue weighted by Gasteiger charge is -2.19. The molecule has 0 aliphatic carbocycles. The van der Waals surface area contributed by atoms with Gasteiger partial charge in [0.15, 0.2) is 0 Å². The molecule has 3 aromatic carbocycles. The van der Waals surface area contributed by atoms with E-state index in [9.17, 15) is 18.0 Å². The molecule has 0 aliphatic rings. The summed E-state index contributed by atoms with van der Waals surface area (Å²) in [6, 6.07) is 15.4. The fourth-order valence-corrected chi connectivity index (χ4v) is 4.20. The number of aromatic nitrogens is 1. The minimum Gasteiger partial charge on any atom is -0.495 e. The van der Waals surface area contributed by atoms with E-state index < -0.39 is 12.5 Å². The zero-order valence-corrected chi connectivity index (χ0v) is 20.8. The first kappa shape index (κ1) is 26.9. The number of fused-ring (bicyclic) bond motifs is 1. The SMILES string of the molecule is COc1cc2ncc(-c3ccc(Oc4ccc(OC(F)(F)F)cc4)cc3)c(C(C)COC(=O)O)c2cc1Cl. The third kappa shape index (κ3) is 6.38. The van der Waals surface area contributed by atoms with Gasteiger partial charge in [0.1, 0.15) is 29.6 Å². The van der Waals surface area contributed by atoms with Crippen molar-refractivity contribution in [2.75, 3.05) is 13.7 Å². The molecule has 1 unspecified atom stereocenters. The van der Waals surface area contributed by atoms with Crippen LogP contribution in [0.15, 0.2) is 66.9 Å². The molecule has 0 saturated heterocycles. The number of benzene rings is 3. The lowest BCUT2D eigenvalue weighted by atomic mass is 9.90. The fourth-order valence-electron chi connectivity index (χ4n) is 3.96. The highest BCUT2D eigenvalue weighted by Crippen LogP contribution is 2.39. The van der Waals surface area contributed by atoms with Gasteiger partial charge in [-0.05, 0) is 53.6 Å². The second-order valence-electron chi connectivity index (χ2n) is 8.21. The Kier molecular flexibility index (Phi) is 7.82. The maximum Gasteiger partial charge on any atom is 0.573 e. The standard InChI is InChI=1S/C27H21ClF3NO6/c1-15(14-36-26(33)34)25-20-11-22(28)24(35-2)12-23(20)32-13-21(25)16-3-5-17(6-4-16)37-18-7-9-19(10-8-18)38-27(29,30)31/h3-13,15H,14H2,1-2H3,(H,33,34). The van der Waals surface area contributed by atoms with E-state index in [1.54, 1.807) is 42.6 Å². The summed E-state index contributed by atoms with van der Waals surface area (Å²) in [6.07, 6.45) is -4.48. The van der Waals surface area contributed by atoms with Gasteiger partial charge in [0, 0.05) is 29.1 Å². The molecule has 1 atom stereocenters. The molecule has 1 N–H and O–H groups in total. The predicted octanol–water partition coefficient (Wildman–Crippen LogP) is 8.05. The maximum absolute atomic E-state index is 12.4. The van der Waals surface area contributed by atoms with Crippen LogP contribution < -0.4 is 14.2 Å². The molecule has 0 aliphatic heterocycles. The summed E-state index contributed by atoms with van der Waals surface area (Å²) in [6.45, 7) is 1.75. The van der Waals surface area contributed by atoms with Crippen LogP contribution in [0.3, 0.4) is 0 Å². The molecule has 0 spiro atoms. The smallest absolute Gasteiger partial charge is 0.495 e. The van der Waals surface area contributed by atoms with Crippen LogP contribution >= 0.6 is 11.6 Å². The van der Waals surface area contributed by atoms with Gasteiger partial charge >= 0.3 is 12.5 Å². The normalized spacial score (nSPS) is 12.2. The third-order valence-corrected chi connectivity index (χ3v) is 5.89. The maximum atomic E-state index is 12.4. The van der Waals surface area contributed by atoms with E-state index in [2.05, 4.69) is 9.72 Å². The summed E-state index contributed by atoms with van der Waals surface area (Å²) in [5.41, 5.74) is 2.91. The van der Waals surface area contributed by atoms with E-state index in [4.69, 9.17) is 30.9 Å². The summed E-state index contributed by atoms with van der Waals surface area (Å²) in [5.74, 6) is 0.533. The number of methoxy groups -OCH3 is 1. The Balaban J connectivity index is 1.65. The topological polar surface area (TPSA) is 87.1 Å². The Hall–Kier alpha value is -4.18. The molecule has 0 saturated carbocycles. The molecule has 0 fully saturated rings. The molecule has 7 nitrogen and oxygen atoms in total. The van der Waals surface area contributed by atoms with Crippen LogP contribution in [-0.2, 0) is 4.74 Å². The molecule has 198 valence electrons. The van der Waals surface area contributed by atoms with Crippen LogP contribution in [0.4, 0.5) is 18.0 Å². The Morgan fingerprint density at radius 2 is 1.63 bits per heavy atom. The Morgan fingerprint density at radius 1 is 1.03 bits per heavy atom. The van der Waals surface area contributed by atoms with E-state index in [-0.39, 0.29) is 18.3 Å². The fraction of sp³-hybridized carbons (Fsp3) is 0.185. The minimum atomic E-state index is -4.77. The molecule has 0 bridgehead atoms. The number of halogens is 4. The highest BCUT2D eigenvalue weighted by atomic mass is 35.5. The van der Waals surface area contributed by atoms with Gasteiger partial charge in [-0.15, -0.1) is 13.2 Å². The first-order valence-corrected chi connectivity index (χ1v) is 11.6. The van der Waals surface area contributed by atoms with E-state index in [0.717, 1.165) is 34.2 Å². The van der Waals surface area contributed by atoms with E-state index in [1.807, 2.05) is 6.92 Å². The molecule has 1 aromatic heterocycles. The Bertz CT molecular complexity index is 1440. The largest absolute Gasteiger partial charge is 0.573 e. The molecule has 4 rings (SSSR count). The van der Waals surface area contributed by atoms with Crippen LogP contribution in [0.25, 0.3) is 22.0 Å². The quantitative estimate of drug-likeness (QED) is 0.223. The van der Waals surface area contributed by atoms with Crippen LogP contribution in [0, 0.1) is 0 Å². The van der Waals surface area contributed by atoms with Gasteiger partial charge in [-0.1, -0.05) is 30.7 Å². The number of hydrogen-bond acceptors (Lipinski definition) is 6. The number of carbonyl (C=O) groups is 1. The molecular formula is C27H21ClF3NO6. The summed E-state index contributed by atoms with van der Waals surface area (Å²) in [5, 5.41) is 10.1. The molecule has 4 aromatic rings. The highest BCUT2D eigenvalue weighted by Gasteiger charge is 2.31. The zero-order valence-electron chi connectivity index (χ0n) is 20.1. The number of alkyl halides is 3. The Labute approximate surface area is 220 Å². The van der Waals surface area contributed by atoms with E-state index in [0.29, 0.717) is 27.8 Å². The van der Waals surface area contributed by atoms with Crippen LogP contribution in [0.1, 0.15) is 18.4 Å². The molecule has 11 heteroatoms. The predicted molar refractivity (Wildman–Crippen MR) is 134 cm³/mol. The van der Waals surface area contributed by atoms with Crippen molar-refractivity contribution in [1.29, 1.82) is 0 Å². The summed E-state index contributed by atoms with van der Waals surface area (Å²) < 4.78 is 56.8. The molecule has 0 radical (unpaired) electrons. The number of ether oxygens (including phenoxy) is 4. The molecule has 0 amide bonds. The summed E-state index contributed by atoms with van der Waals surface area (Å²) in [7, 11) is 1.50. The van der Waals surface area contributed by atoms with Gasteiger partial charge in [-0.2, -0.15) is 0 Å². The first-order valence-electron chi connectivity index (χ1n) is 11.2. The van der Waals surface area contributed by atoms with Gasteiger partial charge in [-0.3, -0.25) is 4.98 Å². The van der Waals surface area contributed by atoms with Gasteiger partial charge in [0.2, 0.25) is 0 Å². The molecule has 38 heavy (non-hydrogen) atoms. The first-order chi connectivity index (χ1) is 18.0. The van der Waals surface area contributed by atoms with Gasteiger partial charge in [0.05, 0.1) is 17.6 Å². The van der Waals surface area contributed by atoms with Gasteiger partial charge in [-0.25, -0.2) is 4.79 Å². The minimum absolute atomic E-state index is 0.0830. The lowest BCUT2D eigenvalue weighted by Crippen LogP contribution is -2.16. The van der Waals surface area contributed by atoms with Crippen molar-refractivity contribution >= 4 is 28.7 Å².